The first-order valence-corrected chi connectivity index (χ1v) is 6.42. The Balaban J connectivity index is 2.30. The van der Waals surface area contributed by atoms with Crippen LogP contribution < -0.4 is 0 Å². The number of hydrogen-bond acceptors (Lipinski definition) is 2. The summed E-state index contributed by atoms with van der Waals surface area (Å²) in [7, 11) is 0. The van der Waals surface area contributed by atoms with E-state index in [0.717, 1.165) is 25.2 Å². The van der Waals surface area contributed by atoms with E-state index < -0.39 is 0 Å². The van der Waals surface area contributed by atoms with E-state index in [0.29, 0.717) is 5.92 Å². The van der Waals surface area contributed by atoms with Gasteiger partial charge in [-0.1, -0.05) is 51.1 Å². The Morgan fingerprint density at radius 1 is 1.12 bits per heavy atom. The molecule has 0 fully saturated rings. The van der Waals surface area contributed by atoms with Crippen LogP contribution >= 0.6 is 0 Å². The van der Waals surface area contributed by atoms with E-state index in [1.807, 2.05) is 30.3 Å². The lowest BCUT2D eigenvalue weighted by Gasteiger charge is -2.19. The smallest absolute Gasteiger partial charge is 0.0816 e. The zero-order valence-electron chi connectivity index (χ0n) is 11.1. The first-order chi connectivity index (χ1) is 8.11. The molecular weight excluding hydrogens is 212 g/mol. The Hall–Kier alpha value is -0.860. The van der Waals surface area contributed by atoms with Crippen molar-refractivity contribution in [3.63, 3.8) is 0 Å². The van der Waals surface area contributed by atoms with Gasteiger partial charge >= 0.3 is 0 Å². The summed E-state index contributed by atoms with van der Waals surface area (Å²) < 4.78 is 5.54. The summed E-state index contributed by atoms with van der Waals surface area (Å²) in [5.41, 5.74) is 0.990. The van der Waals surface area contributed by atoms with Crippen molar-refractivity contribution < 1.29 is 9.84 Å². The van der Waals surface area contributed by atoms with Crippen LogP contribution in [0.4, 0.5) is 0 Å². The summed E-state index contributed by atoms with van der Waals surface area (Å²) in [4.78, 5) is 0. The molecule has 0 radical (unpaired) electrons. The molecule has 0 aliphatic rings. The van der Waals surface area contributed by atoms with Crippen LogP contribution in [0.15, 0.2) is 30.3 Å². The summed E-state index contributed by atoms with van der Waals surface area (Å²) >= 11 is 0. The predicted molar refractivity (Wildman–Crippen MR) is 70.8 cm³/mol. The van der Waals surface area contributed by atoms with Gasteiger partial charge in [0.15, 0.2) is 0 Å². The summed E-state index contributed by atoms with van der Waals surface area (Å²) in [6.07, 6.45) is 0.502. The Kier molecular flexibility index (Phi) is 6.23. The highest BCUT2D eigenvalue weighted by molar-refractivity contribution is 5.17. The van der Waals surface area contributed by atoms with E-state index in [4.69, 9.17) is 4.74 Å². The average Bonchev–Trinajstić information content (AvgIpc) is 2.34. The molecular formula is C15H24O2. The highest BCUT2D eigenvalue weighted by Gasteiger charge is 2.15. The van der Waals surface area contributed by atoms with Gasteiger partial charge in [0, 0.05) is 13.2 Å². The highest BCUT2D eigenvalue weighted by Crippen LogP contribution is 2.23. The van der Waals surface area contributed by atoms with Gasteiger partial charge in [-0.15, -0.1) is 0 Å². The molecule has 0 saturated carbocycles. The lowest BCUT2D eigenvalue weighted by Crippen LogP contribution is -2.13. The minimum atomic E-state index is -0.390. The molecule has 1 aromatic rings. The summed E-state index contributed by atoms with van der Waals surface area (Å²) in [6.45, 7) is 7.87. The number of rotatable bonds is 7. The molecule has 0 aliphatic carbocycles. The van der Waals surface area contributed by atoms with Crippen molar-refractivity contribution in [2.75, 3.05) is 13.2 Å². The number of aliphatic hydroxyl groups excluding tert-OH is 1. The molecule has 0 saturated heterocycles. The highest BCUT2D eigenvalue weighted by atomic mass is 16.5. The Morgan fingerprint density at radius 3 is 2.35 bits per heavy atom. The van der Waals surface area contributed by atoms with E-state index in [1.165, 1.54) is 0 Å². The van der Waals surface area contributed by atoms with Crippen molar-refractivity contribution >= 4 is 0 Å². The lowest BCUT2D eigenvalue weighted by molar-refractivity contribution is 0.0627. The normalized spacial score (nSPS) is 14.9. The maximum absolute atomic E-state index is 10.1. The molecule has 0 spiro atoms. The van der Waals surface area contributed by atoms with Crippen molar-refractivity contribution in [1.82, 2.24) is 0 Å². The second-order valence-corrected chi connectivity index (χ2v) is 5.09. The van der Waals surface area contributed by atoms with E-state index >= 15 is 0 Å². The van der Waals surface area contributed by atoms with Crippen molar-refractivity contribution in [2.24, 2.45) is 11.8 Å². The quantitative estimate of drug-likeness (QED) is 0.735. The fourth-order valence-electron chi connectivity index (χ4n) is 1.72. The van der Waals surface area contributed by atoms with Crippen molar-refractivity contribution in [3.05, 3.63) is 35.9 Å². The second-order valence-electron chi connectivity index (χ2n) is 5.09. The fraction of sp³-hybridized carbons (Fsp3) is 0.600. The van der Waals surface area contributed by atoms with Crippen LogP contribution in [0.3, 0.4) is 0 Å². The molecule has 0 aromatic heterocycles. The van der Waals surface area contributed by atoms with Gasteiger partial charge < -0.3 is 9.84 Å². The van der Waals surface area contributed by atoms with E-state index in [-0.39, 0.29) is 12.0 Å². The molecule has 2 unspecified atom stereocenters. The van der Waals surface area contributed by atoms with Crippen molar-refractivity contribution in [2.45, 2.75) is 33.3 Å². The fourth-order valence-corrected chi connectivity index (χ4v) is 1.72. The molecule has 96 valence electrons. The van der Waals surface area contributed by atoms with Gasteiger partial charge in [0.2, 0.25) is 0 Å². The average molecular weight is 236 g/mol. The maximum atomic E-state index is 10.1. The van der Waals surface area contributed by atoms with Crippen LogP contribution in [0.2, 0.25) is 0 Å². The van der Waals surface area contributed by atoms with E-state index in [2.05, 4.69) is 20.8 Å². The SMILES string of the molecule is CC(C)COCCC(C)C(O)c1ccccc1. The molecule has 2 atom stereocenters. The van der Waals surface area contributed by atoms with Gasteiger partial charge in [-0.2, -0.15) is 0 Å². The predicted octanol–water partition coefficient (Wildman–Crippen LogP) is 3.42. The summed E-state index contributed by atoms with van der Waals surface area (Å²) in [5, 5.41) is 10.1. The Morgan fingerprint density at radius 2 is 1.76 bits per heavy atom. The molecule has 0 bridgehead atoms. The zero-order chi connectivity index (χ0) is 12.7. The molecule has 17 heavy (non-hydrogen) atoms. The summed E-state index contributed by atoms with van der Waals surface area (Å²) in [6, 6.07) is 9.82. The third kappa shape index (κ3) is 5.33. The maximum Gasteiger partial charge on any atom is 0.0816 e. The number of aliphatic hydroxyl groups is 1. The molecule has 1 rings (SSSR count). The van der Waals surface area contributed by atoms with Crippen molar-refractivity contribution in [3.8, 4) is 0 Å². The van der Waals surface area contributed by atoms with Gasteiger partial charge in [0.1, 0.15) is 0 Å². The lowest BCUT2D eigenvalue weighted by atomic mass is 9.95. The third-order valence-electron chi connectivity index (χ3n) is 2.85. The molecule has 0 amide bonds. The topological polar surface area (TPSA) is 29.5 Å². The van der Waals surface area contributed by atoms with Crippen LogP contribution in [0.25, 0.3) is 0 Å². The largest absolute Gasteiger partial charge is 0.388 e. The van der Waals surface area contributed by atoms with Gasteiger partial charge in [-0.25, -0.2) is 0 Å². The van der Waals surface area contributed by atoms with E-state index in [9.17, 15) is 5.11 Å². The van der Waals surface area contributed by atoms with Crippen molar-refractivity contribution in [1.29, 1.82) is 0 Å². The minimum absolute atomic E-state index is 0.226. The van der Waals surface area contributed by atoms with Gasteiger partial charge in [0.05, 0.1) is 6.10 Å². The monoisotopic (exact) mass is 236 g/mol. The van der Waals surface area contributed by atoms with Gasteiger partial charge in [-0.3, -0.25) is 0 Å². The Bertz CT molecular complexity index is 295. The zero-order valence-corrected chi connectivity index (χ0v) is 11.1. The molecule has 0 heterocycles. The first-order valence-electron chi connectivity index (χ1n) is 6.42. The number of hydrogen-bond donors (Lipinski definition) is 1. The molecule has 2 nitrogen and oxygen atoms in total. The Labute approximate surface area is 105 Å². The standard InChI is InChI=1S/C15H24O2/c1-12(2)11-17-10-9-13(3)15(16)14-7-5-4-6-8-14/h4-8,12-13,15-16H,9-11H2,1-3H3. The van der Waals surface area contributed by atoms with Crippen LogP contribution in [0.5, 0.6) is 0 Å². The third-order valence-corrected chi connectivity index (χ3v) is 2.85. The van der Waals surface area contributed by atoms with Crippen LogP contribution in [-0.2, 0) is 4.74 Å². The van der Waals surface area contributed by atoms with Crippen LogP contribution in [-0.4, -0.2) is 18.3 Å². The first kappa shape index (κ1) is 14.2. The van der Waals surface area contributed by atoms with Crippen LogP contribution in [0, 0.1) is 11.8 Å². The number of ether oxygens (including phenoxy) is 1. The molecule has 1 N–H and O–H groups in total. The minimum Gasteiger partial charge on any atom is -0.388 e. The van der Waals surface area contributed by atoms with Gasteiger partial charge in [-0.05, 0) is 23.8 Å². The van der Waals surface area contributed by atoms with Gasteiger partial charge in [0.25, 0.3) is 0 Å². The van der Waals surface area contributed by atoms with E-state index in [1.54, 1.807) is 0 Å². The molecule has 1 aromatic carbocycles. The van der Waals surface area contributed by atoms with Crippen LogP contribution in [0.1, 0.15) is 38.9 Å². The molecule has 2 heteroatoms. The second kappa shape index (κ2) is 7.46. The number of benzene rings is 1. The molecule has 0 aliphatic heterocycles. The summed E-state index contributed by atoms with van der Waals surface area (Å²) in [5.74, 6) is 0.800.